The lowest BCUT2D eigenvalue weighted by Gasteiger charge is -2.31. The van der Waals surface area contributed by atoms with E-state index in [0.717, 1.165) is 50.2 Å². The molecule has 1 saturated heterocycles. The molecule has 2 heterocycles. The lowest BCUT2D eigenvalue weighted by Crippen LogP contribution is -2.32. The van der Waals surface area contributed by atoms with Crippen LogP contribution in [0.1, 0.15) is 53.3 Å². The average Bonchev–Trinajstić information content (AvgIpc) is 3.38. The van der Waals surface area contributed by atoms with E-state index in [1.165, 1.54) is 17.4 Å². The quantitative estimate of drug-likeness (QED) is 0.578. The Kier molecular flexibility index (Phi) is 5.94. The van der Waals surface area contributed by atoms with Crippen molar-refractivity contribution in [3.63, 3.8) is 0 Å². The minimum absolute atomic E-state index is 0.109. The smallest absolute Gasteiger partial charge is 0.229 e. The largest absolute Gasteiger partial charge is 0.386 e. The number of hydrogen-bond acceptors (Lipinski definition) is 6. The number of likely N-dealkylation sites (tertiary alicyclic amines) is 1. The van der Waals surface area contributed by atoms with Gasteiger partial charge in [-0.3, -0.25) is 9.62 Å². The van der Waals surface area contributed by atoms with Gasteiger partial charge in [0.1, 0.15) is 6.10 Å². The number of aromatic nitrogens is 3. The molecule has 5 rings (SSSR count). The van der Waals surface area contributed by atoms with Crippen molar-refractivity contribution in [1.29, 1.82) is 0 Å². The number of fused-ring (bicyclic) bond motifs is 1. The van der Waals surface area contributed by atoms with Gasteiger partial charge in [0.2, 0.25) is 10.0 Å². The van der Waals surface area contributed by atoms with Gasteiger partial charge in [0.15, 0.2) is 0 Å². The summed E-state index contributed by atoms with van der Waals surface area (Å²) in [5, 5.41) is 19.4. The second-order valence-electron chi connectivity index (χ2n) is 9.16. The van der Waals surface area contributed by atoms with Gasteiger partial charge in [-0.1, -0.05) is 41.6 Å². The van der Waals surface area contributed by atoms with Crippen molar-refractivity contribution in [3.05, 3.63) is 77.1 Å². The summed E-state index contributed by atoms with van der Waals surface area (Å²) >= 11 is 0. The van der Waals surface area contributed by atoms with Crippen molar-refractivity contribution in [3.8, 4) is 0 Å². The summed E-state index contributed by atoms with van der Waals surface area (Å²) in [5.41, 5.74) is 4.85. The maximum Gasteiger partial charge on any atom is 0.229 e. The zero-order chi connectivity index (χ0) is 23.0. The zero-order valence-corrected chi connectivity index (χ0v) is 19.4. The monoisotopic (exact) mass is 467 g/mol. The third-order valence-electron chi connectivity index (χ3n) is 6.70. The van der Waals surface area contributed by atoms with Crippen LogP contribution in [-0.2, 0) is 23.0 Å². The first kappa shape index (κ1) is 22.1. The van der Waals surface area contributed by atoms with Crippen LogP contribution in [0.25, 0.3) is 0 Å². The third kappa shape index (κ3) is 4.95. The molecule has 174 valence electrons. The lowest BCUT2D eigenvalue weighted by molar-refractivity contribution is 0.120. The Morgan fingerprint density at radius 3 is 2.67 bits per heavy atom. The lowest BCUT2D eigenvalue weighted by atomic mass is 9.89. The molecule has 0 bridgehead atoms. The normalized spacial score (nSPS) is 21.8. The minimum atomic E-state index is -3.28. The van der Waals surface area contributed by atoms with Gasteiger partial charge < -0.3 is 5.11 Å². The van der Waals surface area contributed by atoms with E-state index in [4.69, 9.17) is 0 Å². The standard InChI is InChI=1S/C24H29N5O3S/c1-33(31,32)26-20-7-4-6-18(13-20)17-9-11-28(12-10-17)15-21-16-29(27-25-21)23-14-19-5-2-3-8-22(19)24(23)30/h2-8,13,16-17,23-24,26,30H,9-12,14-15H2,1H3/t23-,24+/m1/s1. The summed E-state index contributed by atoms with van der Waals surface area (Å²) in [6, 6.07) is 15.6. The maximum atomic E-state index is 11.5. The van der Waals surface area contributed by atoms with Crippen LogP contribution in [0.5, 0.6) is 0 Å². The molecule has 33 heavy (non-hydrogen) atoms. The van der Waals surface area contributed by atoms with Crippen molar-refractivity contribution in [1.82, 2.24) is 19.9 Å². The minimum Gasteiger partial charge on any atom is -0.386 e. The number of hydrogen-bond donors (Lipinski definition) is 2. The van der Waals surface area contributed by atoms with Crippen molar-refractivity contribution in [2.45, 2.75) is 43.9 Å². The van der Waals surface area contributed by atoms with Gasteiger partial charge in [-0.15, -0.1) is 5.10 Å². The second-order valence-corrected chi connectivity index (χ2v) is 10.9. The van der Waals surface area contributed by atoms with Crippen LogP contribution in [0.15, 0.2) is 54.7 Å². The van der Waals surface area contributed by atoms with E-state index >= 15 is 0 Å². The topological polar surface area (TPSA) is 100 Å². The number of nitrogens with one attached hydrogen (secondary N) is 1. The summed E-state index contributed by atoms with van der Waals surface area (Å²) in [6.07, 6.45) is 5.35. The number of rotatable bonds is 6. The average molecular weight is 468 g/mol. The fraction of sp³-hybridized carbons (Fsp3) is 0.417. The van der Waals surface area contributed by atoms with E-state index in [-0.39, 0.29) is 6.04 Å². The highest BCUT2D eigenvalue weighted by atomic mass is 32.2. The van der Waals surface area contributed by atoms with Crippen LogP contribution in [0.2, 0.25) is 0 Å². The van der Waals surface area contributed by atoms with Crippen LogP contribution in [0.3, 0.4) is 0 Å². The Morgan fingerprint density at radius 2 is 1.91 bits per heavy atom. The summed E-state index contributed by atoms with van der Waals surface area (Å²) in [4.78, 5) is 2.38. The molecule has 2 atom stereocenters. The molecule has 1 aliphatic carbocycles. The van der Waals surface area contributed by atoms with Crippen LogP contribution < -0.4 is 4.72 Å². The second kappa shape index (κ2) is 8.89. The zero-order valence-electron chi connectivity index (χ0n) is 18.6. The van der Waals surface area contributed by atoms with Gasteiger partial charge in [0, 0.05) is 12.2 Å². The van der Waals surface area contributed by atoms with Crippen LogP contribution >= 0.6 is 0 Å². The first-order valence-corrected chi connectivity index (χ1v) is 13.2. The molecular weight excluding hydrogens is 438 g/mol. The highest BCUT2D eigenvalue weighted by Gasteiger charge is 2.33. The Hall–Kier alpha value is -2.75. The van der Waals surface area contributed by atoms with Gasteiger partial charge in [-0.2, -0.15) is 0 Å². The predicted octanol–water partition coefficient (Wildman–Crippen LogP) is 2.86. The number of aliphatic hydroxyl groups is 1. The van der Waals surface area contributed by atoms with Gasteiger partial charge in [-0.25, -0.2) is 13.1 Å². The van der Waals surface area contributed by atoms with E-state index in [0.29, 0.717) is 11.6 Å². The molecule has 0 spiro atoms. The number of anilines is 1. The van der Waals surface area contributed by atoms with E-state index in [9.17, 15) is 13.5 Å². The van der Waals surface area contributed by atoms with Gasteiger partial charge >= 0.3 is 0 Å². The Labute approximate surface area is 194 Å². The summed E-state index contributed by atoms with van der Waals surface area (Å²) in [5.74, 6) is 0.408. The van der Waals surface area contributed by atoms with Crippen LogP contribution in [-0.4, -0.2) is 52.8 Å². The number of benzene rings is 2. The molecule has 2 aliphatic rings. The molecule has 2 N–H and O–H groups in total. The highest BCUT2D eigenvalue weighted by Crippen LogP contribution is 2.38. The molecule has 2 aromatic carbocycles. The number of piperidine rings is 1. The van der Waals surface area contributed by atoms with E-state index in [1.807, 2.05) is 41.2 Å². The van der Waals surface area contributed by atoms with Crippen molar-refractivity contribution in [2.24, 2.45) is 0 Å². The highest BCUT2D eigenvalue weighted by molar-refractivity contribution is 7.92. The molecule has 0 saturated carbocycles. The number of sulfonamides is 1. The Balaban J connectivity index is 1.18. The molecule has 8 nitrogen and oxygen atoms in total. The summed E-state index contributed by atoms with van der Waals surface area (Å²) < 4.78 is 27.4. The summed E-state index contributed by atoms with van der Waals surface area (Å²) in [6.45, 7) is 2.62. The molecule has 1 aliphatic heterocycles. The van der Waals surface area contributed by atoms with Crippen molar-refractivity contribution < 1.29 is 13.5 Å². The van der Waals surface area contributed by atoms with Crippen molar-refractivity contribution >= 4 is 15.7 Å². The Morgan fingerprint density at radius 1 is 1.12 bits per heavy atom. The van der Waals surface area contributed by atoms with Crippen molar-refractivity contribution in [2.75, 3.05) is 24.1 Å². The molecule has 3 aromatic rings. The van der Waals surface area contributed by atoms with Gasteiger partial charge in [0.05, 0.1) is 24.2 Å². The molecular formula is C24H29N5O3S. The molecule has 1 fully saturated rings. The van der Waals surface area contributed by atoms with E-state index in [2.05, 4.69) is 32.1 Å². The molecule has 0 radical (unpaired) electrons. The van der Waals surface area contributed by atoms with Gasteiger partial charge in [0.25, 0.3) is 0 Å². The first-order valence-electron chi connectivity index (χ1n) is 11.3. The van der Waals surface area contributed by atoms with Crippen LogP contribution in [0.4, 0.5) is 5.69 Å². The molecule has 9 heteroatoms. The summed E-state index contributed by atoms with van der Waals surface area (Å²) in [7, 11) is -3.28. The Bertz CT molecular complexity index is 1230. The van der Waals surface area contributed by atoms with Crippen LogP contribution in [0, 0.1) is 0 Å². The fourth-order valence-electron chi connectivity index (χ4n) is 5.06. The van der Waals surface area contributed by atoms with Gasteiger partial charge in [-0.05, 0) is 67.1 Å². The number of nitrogens with zero attached hydrogens (tertiary/aromatic N) is 4. The fourth-order valence-corrected chi connectivity index (χ4v) is 5.62. The maximum absolute atomic E-state index is 11.5. The third-order valence-corrected chi connectivity index (χ3v) is 7.31. The molecule has 1 aromatic heterocycles. The molecule has 0 amide bonds. The van der Waals surface area contributed by atoms with E-state index < -0.39 is 16.1 Å². The predicted molar refractivity (Wildman–Crippen MR) is 126 cm³/mol. The van der Waals surface area contributed by atoms with E-state index in [1.54, 1.807) is 6.07 Å². The molecule has 0 unspecified atom stereocenters. The number of aliphatic hydroxyl groups excluding tert-OH is 1. The first-order chi connectivity index (χ1) is 15.9. The SMILES string of the molecule is CS(=O)(=O)Nc1cccc(C2CCN(Cc3cn([C@@H]4Cc5ccccc5[C@@H]4O)nn3)CC2)c1.